The van der Waals surface area contributed by atoms with Gasteiger partial charge in [0.05, 0.1) is 0 Å². The molecule has 6 heteroatoms. The molecular formula is C14H21N5S. The van der Waals surface area contributed by atoms with Crippen LogP contribution < -0.4 is 5.73 Å². The van der Waals surface area contributed by atoms with Crippen molar-refractivity contribution >= 4 is 16.3 Å². The molecule has 0 radical (unpaired) electrons. The second-order valence-electron chi connectivity index (χ2n) is 6.23. The fourth-order valence-corrected chi connectivity index (χ4v) is 4.76. The van der Waals surface area contributed by atoms with Crippen molar-refractivity contribution in [2.45, 2.75) is 69.2 Å². The molecule has 2 aliphatic rings. The van der Waals surface area contributed by atoms with Crippen molar-refractivity contribution in [1.29, 1.82) is 0 Å². The zero-order chi connectivity index (χ0) is 13.5. The number of rotatable bonds is 2. The third kappa shape index (κ3) is 2.05. The summed E-state index contributed by atoms with van der Waals surface area (Å²) < 4.78 is 2.00. The van der Waals surface area contributed by atoms with E-state index in [0.717, 1.165) is 17.2 Å². The van der Waals surface area contributed by atoms with Crippen LogP contribution in [0.25, 0.3) is 4.96 Å². The molecule has 0 aliphatic heterocycles. The number of hydrogen-bond donors (Lipinski definition) is 1. The smallest absolute Gasteiger partial charge is 0.234 e. The number of hydrogen-bond acceptors (Lipinski definition) is 5. The molecule has 0 amide bonds. The van der Waals surface area contributed by atoms with Crippen LogP contribution in [0.4, 0.5) is 0 Å². The monoisotopic (exact) mass is 291 g/mol. The van der Waals surface area contributed by atoms with E-state index in [1.807, 2.05) is 4.52 Å². The predicted molar refractivity (Wildman–Crippen MR) is 79.1 cm³/mol. The van der Waals surface area contributed by atoms with Crippen LogP contribution in [-0.4, -0.2) is 25.9 Å². The van der Waals surface area contributed by atoms with Crippen LogP contribution in [0, 0.1) is 0 Å². The van der Waals surface area contributed by atoms with Gasteiger partial charge in [0.15, 0.2) is 5.82 Å². The molecule has 2 unspecified atom stereocenters. The zero-order valence-corrected chi connectivity index (χ0v) is 12.5. The molecule has 0 saturated heterocycles. The highest BCUT2D eigenvalue weighted by atomic mass is 32.1. The Labute approximate surface area is 122 Å². The van der Waals surface area contributed by atoms with Crippen LogP contribution in [0.15, 0.2) is 0 Å². The number of nitrogens with zero attached hydrogens (tertiary/aromatic N) is 4. The van der Waals surface area contributed by atoms with Gasteiger partial charge in [-0.25, -0.2) is 0 Å². The second kappa shape index (κ2) is 5.07. The molecule has 0 bridgehead atoms. The number of nitrogens with two attached hydrogens (primary N) is 1. The average molecular weight is 291 g/mol. The lowest BCUT2D eigenvalue weighted by molar-refractivity contribution is 0.382. The fourth-order valence-electron chi connectivity index (χ4n) is 3.70. The Balaban J connectivity index is 1.68. The summed E-state index contributed by atoms with van der Waals surface area (Å²) >= 11 is 1.69. The summed E-state index contributed by atoms with van der Waals surface area (Å²) in [7, 11) is 0. The minimum Gasteiger partial charge on any atom is -0.327 e. The maximum Gasteiger partial charge on any atom is 0.234 e. The maximum absolute atomic E-state index is 6.28. The molecule has 0 spiro atoms. The van der Waals surface area contributed by atoms with Crippen molar-refractivity contribution in [2.24, 2.45) is 5.73 Å². The molecule has 5 nitrogen and oxygen atoms in total. The summed E-state index contributed by atoms with van der Waals surface area (Å²) in [6.07, 6.45) is 9.91. The first-order chi connectivity index (χ1) is 9.83. The lowest BCUT2D eigenvalue weighted by Crippen LogP contribution is -2.31. The van der Waals surface area contributed by atoms with Crippen LogP contribution in [0.5, 0.6) is 0 Å². The highest BCUT2D eigenvalue weighted by molar-refractivity contribution is 7.16. The predicted octanol–water partition coefficient (Wildman–Crippen LogP) is 2.83. The van der Waals surface area contributed by atoms with E-state index in [9.17, 15) is 0 Å². The Hall–Kier alpha value is -1.01. The molecule has 2 aromatic rings. The summed E-state index contributed by atoms with van der Waals surface area (Å²) in [6.45, 7) is 0. The van der Waals surface area contributed by atoms with E-state index in [4.69, 9.17) is 10.8 Å². The first kappa shape index (κ1) is 12.7. The van der Waals surface area contributed by atoms with Gasteiger partial charge in [0.1, 0.15) is 5.01 Å². The van der Waals surface area contributed by atoms with E-state index in [1.54, 1.807) is 11.3 Å². The first-order valence-corrected chi connectivity index (χ1v) is 8.62. The van der Waals surface area contributed by atoms with E-state index in [0.29, 0.717) is 11.8 Å². The first-order valence-electron chi connectivity index (χ1n) is 7.80. The Kier molecular flexibility index (Phi) is 3.22. The molecule has 20 heavy (non-hydrogen) atoms. The zero-order valence-electron chi connectivity index (χ0n) is 11.7. The SMILES string of the molecule is NC1CCCCC1c1nn2c(C3CCCC3)nnc2s1. The van der Waals surface area contributed by atoms with E-state index in [2.05, 4.69) is 10.2 Å². The highest BCUT2D eigenvalue weighted by Crippen LogP contribution is 2.37. The van der Waals surface area contributed by atoms with Gasteiger partial charge in [-0.15, -0.1) is 10.2 Å². The van der Waals surface area contributed by atoms with Gasteiger partial charge in [-0.1, -0.05) is 37.0 Å². The van der Waals surface area contributed by atoms with Crippen molar-refractivity contribution in [3.05, 3.63) is 10.8 Å². The van der Waals surface area contributed by atoms with Crippen LogP contribution in [0.2, 0.25) is 0 Å². The second-order valence-corrected chi connectivity index (χ2v) is 7.22. The molecule has 2 aromatic heterocycles. The Bertz CT molecular complexity index is 598. The van der Waals surface area contributed by atoms with Gasteiger partial charge < -0.3 is 5.73 Å². The van der Waals surface area contributed by atoms with Gasteiger partial charge in [-0.3, -0.25) is 0 Å². The summed E-state index contributed by atoms with van der Waals surface area (Å²) in [5.41, 5.74) is 6.28. The third-order valence-electron chi connectivity index (χ3n) is 4.89. The summed E-state index contributed by atoms with van der Waals surface area (Å²) in [6, 6.07) is 0.266. The van der Waals surface area contributed by atoms with E-state index in [1.165, 1.54) is 50.0 Å². The molecule has 4 rings (SSSR count). The molecule has 2 atom stereocenters. The van der Waals surface area contributed by atoms with Crippen molar-refractivity contribution in [2.75, 3.05) is 0 Å². The van der Waals surface area contributed by atoms with Gasteiger partial charge in [-0.05, 0) is 25.7 Å². The van der Waals surface area contributed by atoms with Crippen molar-refractivity contribution in [3.8, 4) is 0 Å². The molecule has 2 heterocycles. The lowest BCUT2D eigenvalue weighted by Gasteiger charge is -2.26. The molecule has 108 valence electrons. The van der Waals surface area contributed by atoms with Crippen LogP contribution in [0.1, 0.15) is 74.0 Å². The molecule has 2 saturated carbocycles. The normalized spacial score (nSPS) is 28.4. The highest BCUT2D eigenvalue weighted by Gasteiger charge is 2.29. The van der Waals surface area contributed by atoms with E-state index < -0.39 is 0 Å². The topological polar surface area (TPSA) is 69.1 Å². The van der Waals surface area contributed by atoms with Crippen molar-refractivity contribution in [3.63, 3.8) is 0 Å². The van der Waals surface area contributed by atoms with Crippen LogP contribution in [0.3, 0.4) is 0 Å². The third-order valence-corrected chi connectivity index (χ3v) is 5.92. The van der Waals surface area contributed by atoms with Gasteiger partial charge in [0.25, 0.3) is 0 Å². The van der Waals surface area contributed by atoms with Gasteiger partial charge in [-0.2, -0.15) is 9.61 Å². The van der Waals surface area contributed by atoms with Crippen LogP contribution in [-0.2, 0) is 0 Å². The molecule has 0 aromatic carbocycles. The minimum atomic E-state index is 0.266. The van der Waals surface area contributed by atoms with E-state index >= 15 is 0 Å². The Morgan fingerprint density at radius 3 is 2.55 bits per heavy atom. The fraction of sp³-hybridized carbons (Fsp3) is 0.786. The largest absolute Gasteiger partial charge is 0.327 e. The minimum absolute atomic E-state index is 0.266. The van der Waals surface area contributed by atoms with Gasteiger partial charge in [0.2, 0.25) is 4.96 Å². The van der Waals surface area contributed by atoms with Gasteiger partial charge in [0, 0.05) is 17.9 Å². The molecular weight excluding hydrogens is 270 g/mol. The average Bonchev–Trinajstić information content (AvgIpc) is 3.14. The quantitative estimate of drug-likeness (QED) is 0.923. The van der Waals surface area contributed by atoms with E-state index in [-0.39, 0.29) is 6.04 Å². The standard InChI is InChI=1S/C14H21N5S/c15-11-8-4-3-7-10(11)13-18-19-12(9-5-1-2-6-9)16-17-14(19)20-13/h9-11H,1-8,15H2. The maximum atomic E-state index is 6.28. The molecule has 2 aliphatic carbocycles. The number of fused-ring (bicyclic) bond motifs is 1. The molecule has 2 N–H and O–H groups in total. The Morgan fingerprint density at radius 2 is 1.75 bits per heavy atom. The lowest BCUT2D eigenvalue weighted by atomic mass is 9.86. The summed E-state index contributed by atoms with van der Waals surface area (Å²) in [5.74, 6) is 2.05. The van der Waals surface area contributed by atoms with Gasteiger partial charge >= 0.3 is 0 Å². The Morgan fingerprint density at radius 1 is 1.00 bits per heavy atom. The molecule has 2 fully saturated rings. The van der Waals surface area contributed by atoms with Crippen LogP contribution >= 0.6 is 11.3 Å². The summed E-state index contributed by atoms with van der Waals surface area (Å²) in [4.78, 5) is 0.944. The van der Waals surface area contributed by atoms with Crippen molar-refractivity contribution < 1.29 is 0 Å². The van der Waals surface area contributed by atoms with Crippen molar-refractivity contribution in [1.82, 2.24) is 19.8 Å². The number of aromatic nitrogens is 4. The summed E-state index contributed by atoms with van der Waals surface area (Å²) in [5, 5.41) is 14.7.